The Bertz CT molecular complexity index is 3430. The van der Waals surface area contributed by atoms with E-state index in [1.807, 2.05) is 36.5 Å². The molecule has 9 aromatic rings. The Balaban J connectivity index is 0.000000215. The quantitative estimate of drug-likeness (QED) is 0.0352. The second-order valence-electron chi connectivity index (χ2n) is 16.4. The highest BCUT2D eigenvalue weighted by atomic mass is 19.2. The highest BCUT2D eigenvalue weighted by Crippen LogP contribution is 2.31. The summed E-state index contributed by atoms with van der Waals surface area (Å²) in [6.45, 7) is 0.331. The van der Waals surface area contributed by atoms with Crippen molar-refractivity contribution in [2.75, 3.05) is 0 Å². The molecule has 0 aliphatic rings. The van der Waals surface area contributed by atoms with Crippen LogP contribution >= 0.6 is 0 Å². The number of Topliss-reactive ketones (excluding diaryl/α,β-unsaturated/α-hetero) is 1. The highest BCUT2D eigenvalue weighted by molar-refractivity contribution is 7.20. The third kappa shape index (κ3) is 8.66. The Morgan fingerprint density at radius 3 is 1.08 bits per heavy atom. The van der Waals surface area contributed by atoms with Crippen LogP contribution in [0.15, 0.2) is 109 Å². The number of halogens is 20. The second-order valence-corrected chi connectivity index (χ2v) is 16.4. The first-order chi connectivity index (χ1) is 35.5. The van der Waals surface area contributed by atoms with Crippen LogP contribution in [0.4, 0.5) is 87.8 Å². The van der Waals surface area contributed by atoms with Crippen molar-refractivity contribution in [1.82, 2.24) is 0 Å². The highest BCUT2D eigenvalue weighted by Gasteiger charge is 2.52. The fourth-order valence-electron chi connectivity index (χ4n) is 8.95. The number of ketones is 1. The van der Waals surface area contributed by atoms with Crippen LogP contribution < -0.4 is 26.4 Å². The molecule has 1 aromatic heterocycles. The number of carbonyl (C=O) groups excluding carboxylic acids is 1. The maximum Gasteiger partial charge on any atom is 0.227 e. The molecular formula is C52H22BF20NO. The van der Waals surface area contributed by atoms with Crippen molar-refractivity contribution in [3.63, 3.8) is 0 Å². The number of nitrogens with zero attached hydrogens (tertiary/aromatic N) is 1. The molecule has 384 valence electrons. The minimum atomic E-state index is -7.22. The zero-order valence-corrected chi connectivity index (χ0v) is 36.8. The van der Waals surface area contributed by atoms with Crippen molar-refractivity contribution in [2.24, 2.45) is 0 Å². The maximum absolute atomic E-state index is 15.4. The average Bonchev–Trinajstić information content (AvgIpc) is 3.41. The number of fused-ring (bicyclic) bond motifs is 2. The molecule has 0 radical (unpaired) electrons. The minimum absolute atomic E-state index is 0.121. The van der Waals surface area contributed by atoms with Crippen molar-refractivity contribution >= 4 is 55.3 Å². The molecule has 0 bridgehead atoms. The molecule has 0 saturated heterocycles. The number of aromatic nitrogens is 1. The largest absolute Gasteiger partial charge is 0.287 e. The summed E-state index contributed by atoms with van der Waals surface area (Å²) in [5.41, 5.74) is -11.2. The van der Waals surface area contributed by atoms with Gasteiger partial charge >= 0.3 is 0 Å². The molecule has 0 atom stereocenters. The van der Waals surface area contributed by atoms with Crippen LogP contribution in [-0.2, 0) is 13.0 Å². The summed E-state index contributed by atoms with van der Waals surface area (Å²) in [5, 5.41) is 4.86. The van der Waals surface area contributed by atoms with Crippen LogP contribution in [0.1, 0.15) is 21.6 Å². The molecule has 0 spiro atoms. The molecule has 8 aromatic carbocycles. The van der Waals surface area contributed by atoms with E-state index >= 15 is 35.1 Å². The third-order valence-electron chi connectivity index (χ3n) is 12.4. The number of rotatable bonds is 9. The fraction of sp³-hybridized carbons (Fsp3) is 0.0385. The van der Waals surface area contributed by atoms with E-state index in [0.29, 0.717) is 6.54 Å². The van der Waals surface area contributed by atoms with Gasteiger partial charge in [0.05, 0.1) is 6.42 Å². The maximum atomic E-state index is 15.4. The van der Waals surface area contributed by atoms with Crippen LogP contribution in [0.25, 0.3) is 21.5 Å². The van der Waals surface area contributed by atoms with E-state index in [4.69, 9.17) is 0 Å². The van der Waals surface area contributed by atoms with Gasteiger partial charge in [0.2, 0.25) is 12.3 Å². The fourth-order valence-corrected chi connectivity index (χ4v) is 8.95. The normalized spacial score (nSPS) is 11.6. The van der Waals surface area contributed by atoms with Gasteiger partial charge in [0, 0.05) is 17.0 Å². The molecule has 0 amide bonds. The van der Waals surface area contributed by atoms with E-state index in [1.165, 1.54) is 27.1 Å². The van der Waals surface area contributed by atoms with Gasteiger partial charge in [0.1, 0.15) is 52.7 Å². The van der Waals surface area contributed by atoms with Crippen molar-refractivity contribution in [2.45, 2.75) is 13.0 Å². The van der Waals surface area contributed by atoms with Crippen molar-refractivity contribution in [3.05, 3.63) is 242 Å². The number of hydrogen-bond acceptors (Lipinski definition) is 1. The zero-order valence-electron chi connectivity index (χ0n) is 36.8. The van der Waals surface area contributed by atoms with Crippen LogP contribution in [0, 0.1) is 116 Å². The lowest BCUT2D eigenvalue weighted by molar-refractivity contribution is -0.688. The topological polar surface area (TPSA) is 20.9 Å². The first kappa shape index (κ1) is 53.1. The smallest absolute Gasteiger partial charge is 0.227 e. The Morgan fingerprint density at radius 2 is 0.680 bits per heavy atom. The number of carbonyl (C=O) groups is 1. The van der Waals surface area contributed by atoms with E-state index in [1.54, 1.807) is 0 Å². The molecule has 9 rings (SSSR count). The average molecular weight is 1070 g/mol. The van der Waals surface area contributed by atoms with E-state index in [0.717, 1.165) is 17.7 Å². The van der Waals surface area contributed by atoms with Gasteiger partial charge < -0.3 is 0 Å². The molecule has 0 fully saturated rings. The summed E-state index contributed by atoms with van der Waals surface area (Å²) in [4.78, 5) is 12.9. The summed E-state index contributed by atoms with van der Waals surface area (Å²) in [6, 6.07) is 35.0. The molecule has 0 saturated carbocycles. The Hall–Kier alpha value is -8.24. The summed E-state index contributed by atoms with van der Waals surface area (Å²) in [7, 11) is 0. The molecule has 0 aliphatic heterocycles. The Kier molecular flexibility index (Phi) is 14.3. The van der Waals surface area contributed by atoms with Gasteiger partial charge in [0.25, 0.3) is 0 Å². The molecule has 0 aliphatic carbocycles. The molecule has 23 heteroatoms. The number of hydrogen-bond donors (Lipinski definition) is 0. The Morgan fingerprint density at radius 1 is 0.347 bits per heavy atom. The number of benzene rings is 8. The van der Waals surface area contributed by atoms with Crippen molar-refractivity contribution in [1.29, 1.82) is 0 Å². The summed E-state index contributed by atoms with van der Waals surface area (Å²) in [6.07, 6.45) is -4.40. The summed E-state index contributed by atoms with van der Waals surface area (Å²) in [5.74, 6) is -71.3. The molecule has 0 N–H and O–H groups in total. The SMILES string of the molecule is Fc1c(F)c(F)c([B-](c2c(F)c(F)c(F)c(F)c2F)(c2c(F)c(F)c(F)c(F)c2F)c2c(F)c(F)c(F)c(F)c2F)c(F)c1F.O=C(C[n+]1ccc2ccccc2c1Cc1ccc2ccccc2c1)c1ccccc1. The first-order valence-electron chi connectivity index (χ1n) is 21.2. The molecule has 75 heavy (non-hydrogen) atoms. The lowest BCUT2D eigenvalue weighted by Gasteiger charge is -2.44. The molecule has 0 unspecified atom stereocenters. The molecule has 2 nitrogen and oxygen atoms in total. The lowest BCUT2D eigenvalue weighted by atomic mass is 9.12. The van der Waals surface area contributed by atoms with Gasteiger partial charge in [-0.1, -0.05) is 91.0 Å². The molecular weight excluding hydrogens is 1050 g/mol. The van der Waals surface area contributed by atoms with Gasteiger partial charge in [-0.15, -0.1) is 21.9 Å². The monoisotopic (exact) mass is 1070 g/mol. The Labute approximate surface area is 407 Å². The van der Waals surface area contributed by atoms with Gasteiger partial charge in [-0.2, -0.15) is 4.57 Å². The predicted molar refractivity (Wildman–Crippen MR) is 231 cm³/mol. The van der Waals surface area contributed by atoms with E-state index in [2.05, 4.69) is 77.4 Å². The zero-order chi connectivity index (χ0) is 54.7. The predicted octanol–water partition coefficient (Wildman–Crippen LogP) is 11.6. The van der Waals surface area contributed by atoms with Gasteiger partial charge in [-0.3, -0.25) is 4.79 Å². The summed E-state index contributed by atoms with van der Waals surface area (Å²) < 4.78 is 296. The number of pyridine rings is 1. The lowest BCUT2D eigenvalue weighted by Crippen LogP contribution is -2.81. The minimum Gasteiger partial charge on any atom is -0.287 e. The molecule has 1 heterocycles. The third-order valence-corrected chi connectivity index (χ3v) is 12.4. The van der Waals surface area contributed by atoms with Gasteiger partial charge in [-0.25, -0.2) is 87.8 Å². The van der Waals surface area contributed by atoms with Crippen LogP contribution in [0.2, 0.25) is 0 Å². The van der Waals surface area contributed by atoms with Gasteiger partial charge in [-0.05, 0) is 27.8 Å². The first-order valence-corrected chi connectivity index (χ1v) is 21.2. The van der Waals surface area contributed by atoms with Crippen LogP contribution in [0.3, 0.4) is 0 Å². The van der Waals surface area contributed by atoms with Gasteiger partial charge in [0.15, 0.2) is 81.7 Å². The second kappa shape index (κ2) is 20.2. The standard InChI is InChI=1S/C28H22NO.C24BF20/c30-28(24-10-2-1-3-11-24)20-29-17-16-23-9-6-7-13-26(23)27(29)19-21-14-15-22-8-4-5-12-25(22)18-21;26-5-1(6(27)14(35)21(42)13(5)34)25(2-7(28)15(36)22(43)16(37)8(2)29,3-9(30)17(38)23(44)18(39)10(3)31)4-11(32)19(40)24(45)20(41)12(4)33/h1-18H,19-20H2;/q+1;-1. The van der Waals surface area contributed by atoms with Crippen LogP contribution in [0.5, 0.6) is 0 Å². The van der Waals surface area contributed by atoms with E-state index < -0.39 is 144 Å². The van der Waals surface area contributed by atoms with Crippen LogP contribution in [-0.4, -0.2) is 11.9 Å². The van der Waals surface area contributed by atoms with E-state index in [9.17, 15) is 57.5 Å². The van der Waals surface area contributed by atoms with Crippen molar-refractivity contribution < 1.29 is 97.2 Å². The summed E-state index contributed by atoms with van der Waals surface area (Å²) >= 11 is 0. The van der Waals surface area contributed by atoms with Crippen molar-refractivity contribution in [3.8, 4) is 0 Å². The van der Waals surface area contributed by atoms with E-state index in [-0.39, 0.29) is 5.78 Å².